The van der Waals surface area contributed by atoms with Crippen molar-refractivity contribution in [1.29, 1.82) is 0 Å². The van der Waals surface area contributed by atoms with Crippen molar-refractivity contribution in [1.82, 2.24) is 0 Å². The summed E-state index contributed by atoms with van der Waals surface area (Å²) in [5.41, 5.74) is 4.50. The molecule has 0 aromatic heterocycles. The summed E-state index contributed by atoms with van der Waals surface area (Å²) in [6.45, 7) is 0.145. The van der Waals surface area contributed by atoms with E-state index in [0.717, 1.165) is 18.5 Å². The normalized spacial score (nSPS) is 12.8. The van der Waals surface area contributed by atoms with Crippen molar-refractivity contribution in [2.75, 3.05) is 24.3 Å². The third kappa shape index (κ3) is 3.99. The van der Waals surface area contributed by atoms with E-state index in [1.807, 2.05) is 12.1 Å². The third-order valence-corrected chi connectivity index (χ3v) is 4.44. The first kappa shape index (κ1) is 17.0. The minimum Gasteiger partial charge on any atom is -0.465 e. The van der Waals surface area contributed by atoms with E-state index >= 15 is 0 Å². The van der Waals surface area contributed by atoms with Gasteiger partial charge in [0, 0.05) is 5.69 Å². The topological polar surface area (TPSA) is 67.4 Å². The molecule has 130 valence electrons. The number of fused-ring (bicyclic) bond motifs is 1. The lowest BCUT2D eigenvalue weighted by atomic mass is 9.90. The Labute approximate surface area is 147 Å². The number of esters is 1. The number of ether oxygens (including phenoxy) is 1. The summed E-state index contributed by atoms with van der Waals surface area (Å²) < 4.78 is 4.74. The Morgan fingerprint density at radius 3 is 2.60 bits per heavy atom. The van der Waals surface area contributed by atoms with Gasteiger partial charge in [0.25, 0.3) is 0 Å². The highest BCUT2D eigenvalue weighted by Crippen LogP contribution is 2.27. The van der Waals surface area contributed by atoms with Crippen LogP contribution in [0.1, 0.15) is 34.3 Å². The molecule has 3 rings (SSSR count). The number of anilines is 2. The molecule has 0 saturated heterocycles. The predicted octanol–water partition coefficient (Wildman–Crippen LogP) is 3.40. The zero-order valence-electron chi connectivity index (χ0n) is 14.3. The number of para-hydroxylation sites is 1. The maximum Gasteiger partial charge on any atom is 0.339 e. The van der Waals surface area contributed by atoms with Crippen LogP contribution in [0.15, 0.2) is 42.5 Å². The van der Waals surface area contributed by atoms with E-state index in [0.29, 0.717) is 11.3 Å². The summed E-state index contributed by atoms with van der Waals surface area (Å²) >= 11 is 0. The standard InChI is InChI=1S/C20H22N2O3/c1-25-20(24)16-10-4-5-11-18(16)22-19(23)13-21-17-12-6-8-14-7-2-3-9-15(14)17/h4-6,8,10-12,21H,2-3,7,9,13H2,1H3,(H,22,23). The molecule has 0 aliphatic heterocycles. The van der Waals surface area contributed by atoms with E-state index in [2.05, 4.69) is 16.7 Å². The van der Waals surface area contributed by atoms with E-state index in [9.17, 15) is 9.59 Å². The Kier molecular flexibility index (Phi) is 5.33. The van der Waals surface area contributed by atoms with Crippen molar-refractivity contribution in [3.63, 3.8) is 0 Å². The Hall–Kier alpha value is -2.82. The van der Waals surface area contributed by atoms with Gasteiger partial charge in [0.1, 0.15) is 0 Å². The number of carbonyl (C=O) groups excluding carboxylic acids is 2. The van der Waals surface area contributed by atoms with Gasteiger partial charge in [-0.05, 0) is 55.0 Å². The van der Waals surface area contributed by atoms with Gasteiger partial charge >= 0.3 is 5.97 Å². The second-order valence-corrected chi connectivity index (χ2v) is 6.09. The van der Waals surface area contributed by atoms with Gasteiger partial charge in [-0.25, -0.2) is 4.79 Å². The molecule has 1 amide bonds. The molecular weight excluding hydrogens is 316 g/mol. The van der Waals surface area contributed by atoms with Crippen molar-refractivity contribution < 1.29 is 14.3 Å². The number of amides is 1. The van der Waals surface area contributed by atoms with Crippen LogP contribution in [0.2, 0.25) is 0 Å². The first-order valence-electron chi connectivity index (χ1n) is 8.51. The quantitative estimate of drug-likeness (QED) is 0.820. The number of rotatable bonds is 5. The van der Waals surface area contributed by atoms with Crippen LogP contribution in [0.25, 0.3) is 0 Å². The lowest BCUT2D eigenvalue weighted by Crippen LogP contribution is -2.24. The van der Waals surface area contributed by atoms with Crippen LogP contribution in [0.5, 0.6) is 0 Å². The lowest BCUT2D eigenvalue weighted by Gasteiger charge is -2.20. The summed E-state index contributed by atoms with van der Waals surface area (Å²) in [6, 6.07) is 13.0. The Morgan fingerprint density at radius 1 is 1.00 bits per heavy atom. The Bertz CT molecular complexity index is 786. The second kappa shape index (κ2) is 7.83. The fraction of sp³-hybridized carbons (Fsp3) is 0.300. The van der Waals surface area contributed by atoms with Gasteiger partial charge in [-0.3, -0.25) is 4.79 Å². The van der Waals surface area contributed by atoms with Crippen molar-refractivity contribution in [3.8, 4) is 0 Å². The van der Waals surface area contributed by atoms with Gasteiger partial charge < -0.3 is 15.4 Å². The molecule has 0 fully saturated rings. The third-order valence-electron chi connectivity index (χ3n) is 4.44. The molecule has 0 unspecified atom stereocenters. The molecule has 0 saturated carbocycles. The van der Waals surface area contributed by atoms with Gasteiger partial charge in [-0.2, -0.15) is 0 Å². The van der Waals surface area contributed by atoms with Gasteiger partial charge in [-0.15, -0.1) is 0 Å². The number of methoxy groups -OCH3 is 1. The largest absolute Gasteiger partial charge is 0.465 e. The zero-order valence-corrected chi connectivity index (χ0v) is 14.3. The summed E-state index contributed by atoms with van der Waals surface area (Å²) in [6.07, 6.45) is 4.56. The van der Waals surface area contributed by atoms with E-state index in [4.69, 9.17) is 4.74 Å². The van der Waals surface area contributed by atoms with E-state index < -0.39 is 5.97 Å². The number of benzene rings is 2. The monoisotopic (exact) mass is 338 g/mol. The van der Waals surface area contributed by atoms with Crippen LogP contribution >= 0.6 is 0 Å². The molecule has 0 bridgehead atoms. The molecule has 0 atom stereocenters. The van der Waals surface area contributed by atoms with Crippen LogP contribution in [-0.4, -0.2) is 25.5 Å². The molecule has 0 spiro atoms. The number of nitrogens with one attached hydrogen (secondary N) is 2. The number of hydrogen-bond donors (Lipinski definition) is 2. The molecular formula is C20H22N2O3. The Balaban J connectivity index is 1.66. The van der Waals surface area contributed by atoms with Crippen LogP contribution in [0.4, 0.5) is 11.4 Å². The van der Waals surface area contributed by atoms with E-state index in [1.54, 1.807) is 24.3 Å². The van der Waals surface area contributed by atoms with E-state index in [-0.39, 0.29) is 12.5 Å². The van der Waals surface area contributed by atoms with Crippen LogP contribution in [-0.2, 0) is 22.4 Å². The van der Waals surface area contributed by atoms with Gasteiger partial charge in [0.05, 0.1) is 24.9 Å². The number of aryl methyl sites for hydroxylation is 1. The molecule has 25 heavy (non-hydrogen) atoms. The van der Waals surface area contributed by atoms with Gasteiger partial charge in [-0.1, -0.05) is 24.3 Å². The molecule has 1 aliphatic rings. The smallest absolute Gasteiger partial charge is 0.339 e. The number of carbonyl (C=O) groups is 2. The molecule has 0 heterocycles. The predicted molar refractivity (Wildman–Crippen MR) is 98.0 cm³/mol. The SMILES string of the molecule is COC(=O)c1ccccc1NC(=O)CNc1cccc2c1CCCC2. The fourth-order valence-electron chi connectivity index (χ4n) is 3.20. The minimum absolute atomic E-state index is 0.145. The van der Waals surface area contributed by atoms with Crippen molar-refractivity contribution in [2.24, 2.45) is 0 Å². The van der Waals surface area contributed by atoms with Crippen molar-refractivity contribution in [2.45, 2.75) is 25.7 Å². The molecule has 2 N–H and O–H groups in total. The summed E-state index contributed by atoms with van der Waals surface area (Å²) in [5.74, 6) is -0.675. The fourth-order valence-corrected chi connectivity index (χ4v) is 3.20. The first-order chi connectivity index (χ1) is 12.2. The average molecular weight is 338 g/mol. The van der Waals surface area contributed by atoms with Crippen LogP contribution in [0, 0.1) is 0 Å². The van der Waals surface area contributed by atoms with Gasteiger partial charge in [0.15, 0.2) is 0 Å². The highest BCUT2D eigenvalue weighted by molar-refractivity contribution is 6.02. The van der Waals surface area contributed by atoms with Crippen molar-refractivity contribution >= 4 is 23.3 Å². The molecule has 2 aromatic carbocycles. The van der Waals surface area contributed by atoms with Crippen LogP contribution in [0.3, 0.4) is 0 Å². The number of hydrogen-bond acceptors (Lipinski definition) is 4. The molecule has 5 nitrogen and oxygen atoms in total. The molecule has 1 aliphatic carbocycles. The summed E-state index contributed by atoms with van der Waals surface area (Å²) in [4.78, 5) is 24.1. The average Bonchev–Trinajstić information content (AvgIpc) is 2.66. The molecule has 5 heteroatoms. The van der Waals surface area contributed by atoms with Crippen molar-refractivity contribution in [3.05, 3.63) is 59.2 Å². The molecule has 0 radical (unpaired) electrons. The van der Waals surface area contributed by atoms with Crippen LogP contribution < -0.4 is 10.6 Å². The minimum atomic E-state index is -0.471. The summed E-state index contributed by atoms with van der Waals surface area (Å²) in [5, 5.41) is 6.00. The highest BCUT2D eigenvalue weighted by Gasteiger charge is 2.15. The maximum atomic E-state index is 12.3. The second-order valence-electron chi connectivity index (χ2n) is 6.09. The summed E-state index contributed by atoms with van der Waals surface area (Å²) in [7, 11) is 1.32. The van der Waals surface area contributed by atoms with Gasteiger partial charge in [0.2, 0.25) is 5.91 Å². The zero-order chi connectivity index (χ0) is 17.6. The lowest BCUT2D eigenvalue weighted by molar-refractivity contribution is -0.114. The molecule has 2 aromatic rings. The Morgan fingerprint density at radius 2 is 1.76 bits per heavy atom. The first-order valence-corrected chi connectivity index (χ1v) is 8.51. The van der Waals surface area contributed by atoms with E-state index in [1.165, 1.54) is 31.1 Å². The maximum absolute atomic E-state index is 12.3. The highest BCUT2D eigenvalue weighted by atomic mass is 16.5.